The van der Waals surface area contributed by atoms with Crippen molar-refractivity contribution in [2.75, 3.05) is 13.1 Å². The summed E-state index contributed by atoms with van der Waals surface area (Å²) in [4.78, 5) is 2.38. The molecule has 2 N–H and O–H groups in total. The van der Waals surface area contributed by atoms with Gasteiger partial charge in [0, 0.05) is 31.7 Å². The molecule has 1 saturated carbocycles. The maximum absolute atomic E-state index is 13.9. The lowest BCUT2D eigenvalue weighted by Gasteiger charge is -2.52. The first-order valence-corrected chi connectivity index (χ1v) is 7.41. The molecule has 3 heteroatoms. The minimum Gasteiger partial charge on any atom is -0.326 e. The average Bonchev–Trinajstić information content (AvgIpc) is 2.40. The fraction of sp³-hybridized carbons (Fsp3) is 0.625. The summed E-state index contributed by atoms with van der Waals surface area (Å²) in [5.41, 5.74) is 7.78. The predicted octanol–water partition coefficient (Wildman–Crippen LogP) is 3.05. The van der Waals surface area contributed by atoms with Gasteiger partial charge in [0.15, 0.2) is 0 Å². The summed E-state index contributed by atoms with van der Waals surface area (Å²) < 4.78 is 13.9. The molecule has 2 nitrogen and oxygen atoms in total. The number of benzene rings is 1. The number of likely N-dealkylation sites (tertiary alicyclic amines) is 1. The Labute approximate surface area is 114 Å². The Morgan fingerprint density at radius 1 is 1.16 bits per heavy atom. The van der Waals surface area contributed by atoms with E-state index < -0.39 is 0 Å². The number of nitrogens with two attached hydrogens (primary N) is 1. The number of halogens is 1. The van der Waals surface area contributed by atoms with E-state index >= 15 is 0 Å². The van der Waals surface area contributed by atoms with E-state index in [0.29, 0.717) is 12.0 Å². The van der Waals surface area contributed by atoms with Gasteiger partial charge in [0.2, 0.25) is 0 Å². The Kier molecular flexibility index (Phi) is 3.59. The second kappa shape index (κ2) is 5.22. The molecule has 0 amide bonds. The van der Waals surface area contributed by atoms with Crippen LogP contribution >= 0.6 is 0 Å². The van der Waals surface area contributed by atoms with Gasteiger partial charge >= 0.3 is 0 Å². The topological polar surface area (TPSA) is 29.3 Å². The zero-order chi connectivity index (χ0) is 13.3. The van der Waals surface area contributed by atoms with Crippen molar-refractivity contribution in [2.45, 2.75) is 45.2 Å². The smallest absolute Gasteiger partial charge is 0.128 e. The zero-order valence-electron chi connectivity index (χ0n) is 11.5. The van der Waals surface area contributed by atoms with Crippen LogP contribution in [0.3, 0.4) is 0 Å². The summed E-state index contributed by atoms with van der Waals surface area (Å²) in [6.07, 6.45) is 6.91. The van der Waals surface area contributed by atoms with Gasteiger partial charge in [-0.3, -0.25) is 4.90 Å². The SMILES string of the molecule is NCc1ccc(CN2CC3(CCCCC3)C2)c(F)c1. The highest BCUT2D eigenvalue weighted by atomic mass is 19.1. The lowest BCUT2D eigenvalue weighted by Crippen LogP contribution is -2.56. The highest BCUT2D eigenvalue weighted by Gasteiger charge is 2.42. The minimum absolute atomic E-state index is 0.104. The third-order valence-corrected chi connectivity index (χ3v) is 4.78. The van der Waals surface area contributed by atoms with Crippen molar-refractivity contribution in [3.8, 4) is 0 Å². The van der Waals surface area contributed by atoms with E-state index in [1.54, 1.807) is 6.07 Å². The van der Waals surface area contributed by atoms with Gasteiger partial charge in [0.25, 0.3) is 0 Å². The van der Waals surface area contributed by atoms with Crippen LogP contribution in [0, 0.1) is 11.2 Å². The van der Waals surface area contributed by atoms with Crippen LogP contribution < -0.4 is 5.73 Å². The molecule has 1 aliphatic heterocycles. The molecular weight excluding hydrogens is 239 g/mol. The summed E-state index contributed by atoms with van der Waals surface area (Å²) in [5, 5.41) is 0. The molecule has 1 spiro atoms. The molecule has 0 radical (unpaired) electrons. The van der Waals surface area contributed by atoms with Crippen LogP contribution in [-0.4, -0.2) is 18.0 Å². The zero-order valence-corrected chi connectivity index (χ0v) is 11.5. The summed E-state index contributed by atoms with van der Waals surface area (Å²) in [7, 11) is 0. The van der Waals surface area contributed by atoms with Crippen LogP contribution in [0.15, 0.2) is 18.2 Å². The fourth-order valence-corrected chi connectivity index (χ4v) is 3.72. The highest BCUT2D eigenvalue weighted by molar-refractivity contribution is 5.24. The van der Waals surface area contributed by atoms with Crippen LogP contribution in [0.4, 0.5) is 4.39 Å². The molecule has 0 aromatic heterocycles. The summed E-state index contributed by atoms with van der Waals surface area (Å²) >= 11 is 0. The second-order valence-electron chi connectivity index (χ2n) is 6.34. The third kappa shape index (κ3) is 2.67. The molecule has 3 rings (SSSR count). The van der Waals surface area contributed by atoms with Crippen LogP contribution in [0.2, 0.25) is 0 Å². The maximum Gasteiger partial charge on any atom is 0.128 e. The number of hydrogen-bond acceptors (Lipinski definition) is 2. The average molecular weight is 262 g/mol. The fourth-order valence-electron chi connectivity index (χ4n) is 3.72. The molecule has 1 aromatic carbocycles. The molecular formula is C16H23FN2. The van der Waals surface area contributed by atoms with Crippen LogP contribution in [-0.2, 0) is 13.1 Å². The summed E-state index contributed by atoms with van der Waals surface area (Å²) in [5.74, 6) is -0.104. The molecule has 1 aliphatic carbocycles. The van der Waals surface area contributed by atoms with Gasteiger partial charge in [0.1, 0.15) is 5.82 Å². The molecule has 0 atom stereocenters. The third-order valence-electron chi connectivity index (χ3n) is 4.78. The normalized spacial score (nSPS) is 22.4. The van der Waals surface area contributed by atoms with Crippen molar-refractivity contribution in [3.05, 3.63) is 35.1 Å². The number of nitrogens with zero attached hydrogens (tertiary/aromatic N) is 1. The van der Waals surface area contributed by atoms with Crippen molar-refractivity contribution in [3.63, 3.8) is 0 Å². The quantitative estimate of drug-likeness (QED) is 0.907. The lowest BCUT2D eigenvalue weighted by molar-refractivity contribution is -0.0337. The van der Waals surface area contributed by atoms with Crippen molar-refractivity contribution in [1.82, 2.24) is 4.90 Å². The minimum atomic E-state index is -0.104. The Bertz CT molecular complexity index is 444. The number of hydrogen-bond donors (Lipinski definition) is 1. The lowest BCUT2D eigenvalue weighted by atomic mass is 9.68. The molecule has 1 saturated heterocycles. The first kappa shape index (κ1) is 13.1. The van der Waals surface area contributed by atoms with Crippen LogP contribution in [0.5, 0.6) is 0 Å². The number of rotatable bonds is 3. The van der Waals surface area contributed by atoms with Gasteiger partial charge in [-0.15, -0.1) is 0 Å². The van der Waals surface area contributed by atoms with Crippen LogP contribution in [0.1, 0.15) is 43.2 Å². The highest BCUT2D eigenvalue weighted by Crippen LogP contribution is 2.44. The Balaban J connectivity index is 1.58. The van der Waals surface area contributed by atoms with E-state index in [1.807, 2.05) is 12.1 Å². The second-order valence-corrected chi connectivity index (χ2v) is 6.34. The van der Waals surface area contributed by atoms with Gasteiger partial charge in [-0.25, -0.2) is 4.39 Å². The van der Waals surface area contributed by atoms with E-state index in [2.05, 4.69) is 4.90 Å². The standard InChI is InChI=1S/C16H23FN2/c17-15-8-13(9-18)4-5-14(15)10-19-11-16(12-19)6-2-1-3-7-16/h4-5,8H,1-3,6-7,9-12,18H2. The van der Waals surface area contributed by atoms with Crippen LogP contribution in [0.25, 0.3) is 0 Å². The first-order valence-electron chi connectivity index (χ1n) is 7.41. The molecule has 2 fully saturated rings. The molecule has 104 valence electrons. The largest absolute Gasteiger partial charge is 0.326 e. The first-order chi connectivity index (χ1) is 9.21. The van der Waals surface area contributed by atoms with E-state index in [0.717, 1.165) is 30.8 Å². The predicted molar refractivity (Wildman–Crippen MR) is 75.1 cm³/mol. The van der Waals surface area contributed by atoms with Gasteiger partial charge < -0.3 is 5.73 Å². The van der Waals surface area contributed by atoms with E-state index in [4.69, 9.17) is 5.73 Å². The molecule has 19 heavy (non-hydrogen) atoms. The van der Waals surface area contributed by atoms with Gasteiger partial charge in [0.05, 0.1) is 0 Å². The van der Waals surface area contributed by atoms with Gasteiger partial charge in [-0.2, -0.15) is 0 Å². The Morgan fingerprint density at radius 2 is 1.89 bits per heavy atom. The summed E-state index contributed by atoms with van der Waals surface area (Å²) in [6.45, 7) is 3.47. The van der Waals surface area contributed by atoms with Gasteiger partial charge in [-0.05, 0) is 29.9 Å². The Morgan fingerprint density at radius 3 is 2.53 bits per heavy atom. The molecule has 1 aromatic rings. The van der Waals surface area contributed by atoms with Crippen molar-refractivity contribution < 1.29 is 4.39 Å². The van der Waals surface area contributed by atoms with Gasteiger partial charge in [-0.1, -0.05) is 31.4 Å². The Hall–Kier alpha value is -0.930. The summed E-state index contributed by atoms with van der Waals surface area (Å²) in [6, 6.07) is 5.41. The van der Waals surface area contributed by atoms with E-state index in [9.17, 15) is 4.39 Å². The molecule has 0 bridgehead atoms. The van der Waals surface area contributed by atoms with Crippen molar-refractivity contribution in [2.24, 2.45) is 11.1 Å². The molecule has 2 aliphatic rings. The van der Waals surface area contributed by atoms with Crippen molar-refractivity contribution in [1.29, 1.82) is 0 Å². The van der Waals surface area contributed by atoms with E-state index in [1.165, 1.54) is 32.1 Å². The molecule has 1 heterocycles. The molecule has 0 unspecified atom stereocenters. The monoisotopic (exact) mass is 262 g/mol. The van der Waals surface area contributed by atoms with E-state index in [-0.39, 0.29) is 5.82 Å². The van der Waals surface area contributed by atoms with Crippen molar-refractivity contribution >= 4 is 0 Å². The maximum atomic E-state index is 13.9.